The van der Waals surface area contributed by atoms with Crippen molar-refractivity contribution >= 4 is 28.9 Å². The van der Waals surface area contributed by atoms with Crippen molar-refractivity contribution in [1.29, 1.82) is 5.26 Å². The van der Waals surface area contributed by atoms with Crippen LogP contribution in [0.1, 0.15) is 16.7 Å². The number of amides is 1. The normalized spacial score (nSPS) is 12.6. The van der Waals surface area contributed by atoms with Gasteiger partial charge in [0.25, 0.3) is 11.5 Å². The minimum atomic E-state index is -3.03. The number of carbonyl (C=O) groups excluding carboxylic acids is 1. The van der Waals surface area contributed by atoms with Crippen LogP contribution < -0.4 is 25.2 Å². The summed E-state index contributed by atoms with van der Waals surface area (Å²) < 4.78 is 31.4. The van der Waals surface area contributed by atoms with Crippen molar-refractivity contribution in [2.45, 2.75) is 20.5 Å². The molecule has 0 atom stereocenters. The van der Waals surface area contributed by atoms with Crippen molar-refractivity contribution in [3.8, 4) is 17.5 Å². The average Bonchev–Trinajstić information content (AvgIpc) is 2.99. The van der Waals surface area contributed by atoms with Gasteiger partial charge < -0.3 is 10.5 Å². The topological polar surface area (TPSA) is 98.1 Å². The Labute approximate surface area is 179 Å². The lowest BCUT2D eigenvalue weighted by molar-refractivity contribution is -0.112. The van der Waals surface area contributed by atoms with Gasteiger partial charge in [-0.2, -0.15) is 14.0 Å². The summed E-state index contributed by atoms with van der Waals surface area (Å²) in [6.07, 6.45) is 1.38. The number of halogens is 2. The fraction of sp³-hybridized carbons (Fsp3) is 0.136. The number of nitrogens with two attached hydrogens (primary N) is 1. The Morgan fingerprint density at radius 1 is 1.26 bits per heavy atom. The number of carbonyl (C=O) groups is 1. The van der Waals surface area contributed by atoms with E-state index < -0.39 is 18.1 Å². The quantitative estimate of drug-likeness (QED) is 0.656. The third kappa shape index (κ3) is 4.54. The highest BCUT2D eigenvalue weighted by atomic mass is 32.1. The number of para-hydroxylation sites is 1. The summed E-state index contributed by atoms with van der Waals surface area (Å²) >= 11 is 0.869. The first-order valence-electron chi connectivity index (χ1n) is 9.02. The Morgan fingerprint density at radius 2 is 1.97 bits per heavy atom. The number of primary amides is 1. The second kappa shape index (κ2) is 8.93. The van der Waals surface area contributed by atoms with Gasteiger partial charge in [-0.25, -0.2) is 0 Å². The van der Waals surface area contributed by atoms with Crippen molar-refractivity contribution in [2.75, 3.05) is 0 Å². The summed E-state index contributed by atoms with van der Waals surface area (Å²) in [7, 11) is 0. The Morgan fingerprint density at radius 3 is 2.58 bits per heavy atom. The van der Waals surface area contributed by atoms with E-state index in [2.05, 4.69) is 4.74 Å². The molecule has 0 fully saturated rings. The summed E-state index contributed by atoms with van der Waals surface area (Å²) in [6, 6.07) is 13.1. The van der Waals surface area contributed by atoms with Crippen LogP contribution in [0.3, 0.4) is 0 Å². The summed E-state index contributed by atoms with van der Waals surface area (Å²) in [5.41, 5.74) is 6.90. The monoisotopic (exact) mass is 441 g/mol. The van der Waals surface area contributed by atoms with E-state index in [1.807, 2.05) is 13.0 Å². The standard InChI is InChI=1S/C22H17F2N3O3S/c1-12-7-8-16(13(2)9-12)27-20(29)18(31-21(27)15(11-25)19(26)28)10-14-5-3-4-6-17(14)30-22(23)24/h3-10,22H,1-2H3,(H2,26,28). The number of alkyl halides is 2. The lowest BCUT2D eigenvalue weighted by atomic mass is 10.1. The SMILES string of the molecule is Cc1ccc(-n2c(=C(C#N)C(N)=O)sc(=Cc3ccccc3OC(F)F)c2=O)c(C)c1. The molecule has 2 N–H and O–H groups in total. The van der Waals surface area contributed by atoms with Crippen molar-refractivity contribution < 1.29 is 18.3 Å². The van der Waals surface area contributed by atoms with Crippen molar-refractivity contribution in [3.63, 3.8) is 0 Å². The van der Waals surface area contributed by atoms with Gasteiger partial charge in [0.1, 0.15) is 16.5 Å². The second-order valence-corrected chi connectivity index (χ2v) is 7.64. The fourth-order valence-corrected chi connectivity index (χ4v) is 4.17. The van der Waals surface area contributed by atoms with Gasteiger partial charge in [0, 0.05) is 5.56 Å². The average molecular weight is 441 g/mol. The molecule has 2 aromatic carbocycles. The minimum Gasteiger partial charge on any atom is -0.434 e. The number of benzene rings is 2. The maximum absolute atomic E-state index is 13.3. The molecule has 0 radical (unpaired) electrons. The molecule has 0 bridgehead atoms. The van der Waals surface area contributed by atoms with Crippen LogP contribution in [-0.4, -0.2) is 17.1 Å². The first-order chi connectivity index (χ1) is 14.7. The van der Waals surface area contributed by atoms with E-state index in [9.17, 15) is 23.6 Å². The van der Waals surface area contributed by atoms with Crippen LogP contribution in [0.4, 0.5) is 8.78 Å². The number of aryl methyl sites for hydroxylation is 2. The van der Waals surface area contributed by atoms with E-state index in [4.69, 9.17) is 5.73 Å². The third-order valence-electron chi connectivity index (χ3n) is 4.41. The molecule has 1 amide bonds. The van der Waals surface area contributed by atoms with Crippen molar-refractivity contribution in [1.82, 2.24) is 4.57 Å². The number of nitriles is 1. The van der Waals surface area contributed by atoms with E-state index in [0.29, 0.717) is 5.69 Å². The molecule has 3 rings (SSSR count). The highest BCUT2D eigenvalue weighted by Gasteiger charge is 2.16. The molecule has 1 heterocycles. The van der Waals surface area contributed by atoms with Gasteiger partial charge in [-0.05, 0) is 37.6 Å². The number of rotatable bonds is 5. The molecule has 1 aromatic heterocycles. The van der Waals surface area contributed by atoms with Crippen molar-refractivity contribution in [2.24, 2.45) is 5.73 Å². The molecule has 0 unspecified atom stereocenters. The summed E-state index contributed by atoms with van der Waals surface area (Å²) in [5, 5.41) is 9.46. The van der Waals surface area contributed by atoms with Crippen LogP contribution in [0.15, 0.2) is 47.3 Å². The van der Waals surface area contributed by atoms with Gasteiger partial charge in [0.15, 0.2) is 5.57 Å². The van der Waals surface area contributed by atoms with E-state index >= 15 is 0 Å². The van der Waals surface area contributed by atoms with Gasteiger partial charge in [-0.1, -0.05) is 35.9 Å². The predicted octanol–water partition coefficient (Wildman–Crippen LogP) is 2.11. The first-order valence-corrected chi connectivity index (χ1v) is 9.84. The van der Waals surface area contributed by atoms with Crippen LogP contribution in [-0.2, 0) is 4.79 Å². The highest BCUT2D eigenvalue weighted by molar-refractivity contribution is 7.07. The summed E-state index contributed by atoms with van der Waals surface area (Å²) in [6.45, 7) is 0.652. The zero-order valence-electron chi connectivity index (χ0n) is 16.6. The lowest BCUT2D eigenvalue weighted by Gasteiger charge is -2.08. The molecule has 0 saturated heterocycles. The Balaban J connectivity index is 2.41. The zero-order valence-corrected chi connectivity index (χ0v) is 17.4. The number of hydrogen-bond acceptors (Lipinski definition) is 5. The summed E-state index contributed by atoms with van der Waals surface area (Å²) in [4.78, 5) is 25.1. The van der Waals surface area contributed by atoms with Gasteiger partial charge in [-0.15, -0.1) is 11.3 Å². The molecular formula is C22H17F2N3O3S. The maximum atomic E-state index is 13.3. The fourth-order valence-electron chi connectivity index (χ4n) is 3.08. The molecule has 9 heteroatoms. The number of aromatic nitrogens is 1. The smallest absolute Gasteiger partial charge is 0.387 e. The highest BCUT2D eigenvalue weighted by Crippen LogP contribution is 2.21. The summed E-state index contributed by atoms with van der Waals surface area (Å²) in [5.74, 6) is -1.08. The molecule has 0 aliphatic carbocycles. The molecule has 3 aromatic rings. The molecule has 0 spiro atoms. The molecule has 0 saturated carbocycles. The van der Waals surface area contributed by atoms with E-state index in [1.54, 1.807) is 31.2 Å². The Bertz CT molecular complexity index is 1380. The second-order valence-electron chi connectivity index (χ2n) is 6.61. The van der Waals surface area contributed by atoms with Crippen molar-refractivity contribution in [3.05, 3.63) is 78.7 Å². The van der Waals surface area contributed by atoms with Crippen LogP contribution in [0, 0.1) is 25.2 Å². The van der Waals surface area contributed by atoms with E-state index in [1.165, 1.54) is 28.8 Å². The lowest BCUT2D eigenvalue weighted by Crippen LogP contribution is -2.33. The zero-order chi connectivity index (χ0) is 22.7. The van der Waals surface area contributed by atoms with Gasteiger partial charge in [-0.3, -0.25) is 14.2 Å². The molecular weight excluding hydrogens is 424 g/mol. The first kappa shape index (κ1) is 21.9. The maximum Gasteiger partial charge on any atom is 0.387 e. The molecule has 0 aliphatic heterocycles. The predicted molar refractivity (Wildman–Crippen MR) is 113 cm³/mol. The number of thiazole rings is 1. The van der Waals surface area contributed by atoms with Gasteiger partial charge in [0.2, 0.25) is 0 Å². The van der Waals surface area contributed by atoms with Gasteiger partial charge >= 0.3 is 6.61 Å². The van der Waals surface area contributed by atoms with Gasteiger partial charge in [0.05, 0.1) is 10.2 Å². The molecule has 6 nitrogen and oxygen atoms in total. The largest absolute Gasteiger partial charge is 0.434 e. The van der Waals surface area contributed by atoms with Crippen LogP contribution >= 0.6 is 11.3 Å². The third-order valence-corrected chi connectivity index (χ3v) is 5.50. The number of hydrogen-bond donors (Lipinski definition) is 1. The van der Waals surface area contributed by atoms with Crippen LogP contribution in [0.2, 0.25) is 0 Å². The van der Waals surface area contributed by atoms with E-state index in [-0.39, 0.29) is 26.1 Å². The molecule has 31 heavy (non-hydrogen) atoms. The van der Waals surface area contributed by atoms with E-state index in [0.717, 1.165) is 22.5 Å². The van der Waals surface area contributed by atoms with Crippen LogP contribution in [0.5, 0.6) is 5.75 Å². The minimum absolute atomic E-state index is 0.0606. The van der Waals surface area contributed by atoms with Crippen LogP contribution in [0.25, 0.3) is 17.3 Å². The molecule has 158 valence electrons. The Hall–Kier alpha value is -3.77. The number of ether oxygens (including phenoxy) is 1. The number of nitrogens with zero attached hydrogens (tertiary/aromatic N) is 2. The Kier molecular flexibility index (Phi) is 6.32. The molecule has 0 aliphatic rings.